The van der Waals surface area contributed by atoms with Gasteiger partial charge in [-0.15, -0.1) is 16.4 Å². The van der Waals surface area contributed by atoms with Crippen LogP contribution < -0.4 is 9.47 Å². The molecule has 43 heavy (non-hydrogen) atoms. The Morgan fingerprint density at radius 3 is 2.74 bits per heavy atom. The van der Waals surface area contributed by atoms with Gasteiger partial charge in [0.15, 0.2) is 12.1 Å². The normalized spacial score (nSPS) is 15.2. The minimum absolute atomic E-state index is 0.176. The molecule has 0 spiro atoms. The Hall–Kier alpha value is -4.61. The average Bonchev–Trinajstić information content (AvgIpc) is 3.77. The maximum absolute atomic E-state index is 15.5. The van der Waals surface area contributed by atoms with Crippen LogP contribution in [0.3, 0.4) is 0 Å². The molecule has 218 valence electrons. The molecular formula is C32H29FN6O3S. The van der Waals surface area contributed by atoms with E-state index >= 15 is 4.39 Å². The summed E-state index contributed by atoms with van der Waals surface area (Å²) in [7, 11) is 1.52. The van der Waals surface area contributed by atoms with Gasteiger partial charge in [0.25, 0.3) is 0 Å². The van der Waals surface area contributed by atoms with Crippen molar-refractivity contribution in [2.75, 3.05) is 13.7 Å². The number of aromatic nitrogens is 6. The summed E-state index contributed by atoms with van der Waals surface area (Å²) in [4.78, 5) is 10.3. The molecule has 0 bridgehead atoms. The number of thiazole rings is 1. The van der Waals surface area contributed by atoms with Gasteiger partial charge in [0.05, 0.1) is 35.1 Å². The van der Waals surface area contributed by atoms with Crippen molar-refractivity contribution < 1.29 is 18.6 Å². The molecule has 4 aromatic heterocycles. The Morgan fingerprint density at radius 2 is 1.93 bits per heavy atom. The lowest BCUT2D eigenvalue weighted by Gasteiger charge is -2.21. The van der Waals surface area contributed by atoms with Crippen LogP contribution in [0.25, 0.3) is 38.0 Å². The maximum Gasteiger partial charge on any atom is 0.193 e. The lowest BCUT2D eigenvalue weighted by Crippen LogP contribution is -2.18. The van der Waals surface area contributed by atoms with Crippen LogP contribution in [0.1, 0.15) is 36.7 Å². The van der Waals surface area contributed by atoms with Gasteiger partial charge in [-0.3, -0.25) is 0 Å². The molecule has 9 nitrogen and oxygen atoms in total. The first kappa shape index (κ1) is 27.2. The fraction of sp³-hybridized carbons (Fsp3) is 0.250. The van der Waals surface area contributed by atoms with Crippen molar-refractivity contribution in [2.24, 2.45) is 0 Å². The van der Waals surface area contributed by atoms with Crippen LogP contribution in [0, 0.1) is 12.7 Å². The van der Waals surface area contributed by atoms with Crippen LogP contribution in [0.15, 0.2) is 73.2 Å². The van der Waals surface area contributed by atoms with Crippen molar-refractivity contribution in [1.29, 1.82) is 0 Å². The first-order chi connectivity index (χ1) is 21.1. The molecule has 0 saturated carbocycles. The van der Waals surface area contributed by atoms with Gasteiger partial charge >= 0.3 is 0 Å². The van der Waals surface area contributed by atoms with Crippen molar-refractivity contribution in [2.45, 2.75) is 39.0 Å². The van der Waals surface area contributed by atoms with Crippen LogP contribution in [0.5, 0.6) is 11.5 Å². The highest BCUT2D eigenvalue weighted by Gasteiger charge is 2.27. The topological polar surface area (TPSA) is 88.6 Å². The van der Waals surface area contributed by atoms with Crippen LogP contribution in [-0.4, -0.2) is 43.1 Å². The van der Waals surface area contributed by atoms with Gasteiger partial charge < -0.3 is 14.2 Å². The van der Waals surface area contributed by atoms with E-state index in [0.29, 0.717) is 46.1 Å². The summed E-state index contributed by atoms with van der Waals surface area (Å²) in [6, 6.07) is 18.6. The molecule has 11 heteroatoms. The molecule has 2 aromatic carbocycles. The second kappa shape index (κ2) is 11.6. The Kier molecular flexibility index (Phi) is 7.33. The summed E-state index contributed by atoms with van der Waals surface area (Å²) < 4.78 is 36.6. The summed E-state index contributed by atoms with van der Waals surface area (Å²) in [5.74, 6) is 1.08. The van der Waals surface area contributed by atoms with Crippen LogP contribution in [0.2, 0.25) is 0 Å². The van der Waals surface area contributed by atoms with Crippen molar-refractivity contribution in [3.8, 4) is 44.0 Å². The molecule has 0 aliphatic carbocycles. The van der Waals surface area contributed by atoms with Gasteiger partial charge in [0.1, 0.15) is 40.1 Å². The van der Waals surface area contributed by atoms with Gasteiger partial charge in [-0.1, -0.05) is 36.4 Å². The van der Waals surface area contributed by atoms with Crippen LogP contribution >= 0.6 is 11.3 Å². The lowest BCUT2D eigenvalue weighted by molar-refractivity contribution is -0.0395. The minimum atomic E-state index is -0.444. The summed E-state index contributed by atoms with van der Waals surface area (Å²) in [5.41, 5.74) is 4.17. The highest BCUT2D eigenvalue weighted by molar-refractivity contribution is 7.19. The number of rotatable bonds is 8. The third kappa shape index (κ3) is 5.26. The number of hydrogen-bond donors (Lipinski definition) is 0. The number of fused-ring (bicyclic) bond motifs is 1. The van der Waals surface area contributed by atoms with E-state index in [9.17, 15) is 0 Å². The maximum atomic E-state index is 15.5. The van der Waals surface area contributed by atoms with E-state index in [1.54, 1.807) is 27.7 Å². The Labute approximate surface area is 251 Å². The zero-order valence-corrected chi connectivity index (χ0v) is 24.6. The zero-order valence-electron chi connectivity index (χ0n) is 23.7. The first-order valence-corrected chi connectivity index (χ1v) is 14.9. The third-order valence-corrected chi connectivity index (χ3v) is 8.53. The molecule has 1 fully saturated rings. The van der Waals surface area contributed by atoms with E-state index in [-0.39, 0.29) is 11.8 Å². The zero-order chi connectivity index (χ0) is 29.3. The standard InChI is InChI=1S/C32H29FN6O3S/c1-20-27(24-17-22(14-15-38(24)36-20)42-18-21-9-4-3-5-10-21)32-35-29(28-23(33)11-8-12-25(28)40-2)30(43-32)31-34-19-39(37-31)26-13-6-7-16-41-26/h3-5,8-12,14-15,17,19,26H,6-7,13,16,18H2,1-2H3. The minimum Gasteiger partial charge on any atom is -0.496 e. The van der Waals surface area contributed by atoms with Crippen molar-refractivity contribution in [3.05, 3.63) is 90.3 Å². The summed E-state index contributed by atoms with van der Waals surface area (Å²) >= 11 is 1.39. The van der Waals surface area contributed by atoms with Gasteiger partial charge in [0, 0.05) is 18.9 Å². The predicted octanol–water partition coefficient (Wildman–Crippen LogP) is 7.12. The fourth-order valence-corrected chi connectivity index (χ4v) is 6.46. The molecule has 1 saturated heterocycles. The largest absolute Gasteiger partial charge is 0.496 e. The second-order valence-corrected chi connectivity index (χ2v) is 11.3. The van der Waals surface area contributed by atoms with Crippen LogP contribution in [-0.2, 0) is 11.3 Å². The molecule has 0 N–H and O–H groups in total. The molecule has 7 rings (SSSR count). The lowest BCUT2D eigenvalue weighted by atomic mass is 10.1. The van der Waals surface area contributed by atoms with E-state index in [2.05, 4.69) is 4.98 Å². The Bertz CT molecular complexity index is 1890. The fourth-order valence-electron chi connectivity index (χ4n) is 5.34. The molecule has 1 unspecified atom stereocenters. The van der Waals surface area contributed by atoms with Gasteiger partial charge in [-0.05, 0) is 49.9 Å². The summed E-state index contributed by atoms with van der Waals surface area (Å²) in [6.45, 7) is 3.06. The number of pyridine rings is 1. The highest BCUT2D eigenvalue weighted by Crippen LogP contribution is 2.45. The molecule has 0 radical (unpaired) electrons. The number of methoxy groups -OCH3 is 1. The molecule has 6 aromatic rings. The number of nitrogens with zero attached hydrogens (tertiary/aromatic N) is 6. The molecule has 0 amide bonds. The predicted molar refractivity (Wildman–Crippen MR) is 162 cm³/mol. The van der Waals surface area contributed by atoms with E-state index in [4.69, 9.17) is 29.4 Å². The average molecular weight is 597 g/mol. The van der Waals surface area contributed by atoms with E-state index in [0.717, 1.165) is 41.6 Å². The van der Waals surface area contributed by atoms with Gasteiger partial charge in [-0.25, -0.2) is 23.6 Å². The number of halogens is 1. The van der Waals surface area contributed by atoms with E-state index in [1.807, 2.05) is 55.6 Å². The first-order valence-electron chi connectivity index (χ1n) is 14.1. The molecular weight excluding hydrogens is 567 g/mol. The SMILES string of the molecule is COc1cccc(F)c1-c1nc(-c2c(C)nn3ccc(OCc4ccccc4)cc23)sc1-c1ncn(C2CCCCO2)n1. The summed E-state index contributed by atoms with van der Waals surface area (Å²) in [6.07, 6.45) is 6.32. The number of benzene rings is 2. The van der Waals surface area contributed by atoms with E-state index in [1.165, 1.54) is 24.5 Å². The molecule has 1 atom stereocenters. The second-order valence-electron chi connectivity index (χ2n) is 10.3. The quantitative estimate of drug-likeness (QED) is 0.185. The molecule has 5 heterocycles. The van der Waals surface area contributed by atoms with Crippen molar-refractivity contribution >= 4 is 16.9 Å². The van der Waals surface area contributed by atoms with Crippen molar-refractivity contribution in [3.63, 3.8) is 0 Å². The number of aryl methyl sites for hydroxylation is 1. The Balaban J connectivity index is 1.34. The number of ether oxygens (including phenoxy) is 3. The molecule has 1 aliphatic rings. The smallest absolute Gasteiger partial charge is 0.193 e. The monoisotopic (exact) mass is 596 g/mol. The third-order valence-electron chi connectivity index (χ3n) is 7.47. The van der Waals surface area contributed by atoms with E-state index < -0.39 is 5.82 Å². The van der Waals surface area contributed by atoms with Crippen molar-refractivity contribution in [1.82, 2.24) is 29.4 Å². The molecule has 1 aliphatic heterocycles. The summed E-state index contributed by atoms with van der Waals surface area (Å²) in [5, 5.41) is 10.2. The van der Waals surface area contributed by atoms with Gasteiger partial charge in [-0.2, -0.15) is 5.10 Å². The number of hydrogen-bond acceptors (Lipinski definition) is 8. The van der Waals surface area contributed by atoms with Crippen LogP contribution in [0.4, 0.5) is 4.39 Å². The van der Waals surface area contributed by atoms with Gasteiger partial charge in [0.2, 0.25) is 0 Å². The Morgan fingerprint density at radius 1 is 1.05 bits per heavy atom. The highest BCUT2D eigenvalue weighted by atomic mass is 32.1.